The monoisotopic (exact) mass is 489 g/mol. The lowest BCUT2D eigenvalue weighted by Crippen LogP contribution is -2.16. The first-order valence-corrected chi connectivity index (χ1v) is 14.5. The van der Waals surface area contributed by atoms with Crippen molar-refractivity contribution in [1.82, 2.24) is 0 Å². The molecule has 0 aromatic heterocycles. The Labute approximate surface area is 215 Å². The van der Waals surface area contributed by atoms with Crippen LogP contribution in [0.2, 0.25) is 0 Å². The highest BCUT2D eigenvalue weighted by atomic mass is 32.2. The van der Waals surface area contributed by atoms with Gasteiger partial charge in [0.25, 0.3) is 0 Å². The van der Waals surface area contributed by atoms with Crippen molar-refractivity contribution in [3.05, 3.63) is 82.9 Å². The molecule has 1 N–H and O–H groups in total. The zero-order valence-corrected chi connectivity index (χ0v) is 23.1. The maximum atomic E-state index is 12.6. The van der Waals surface area contributed by atoms with Crippen LogP contribution in [0.1, 0.15) is 55.4 Å². The third kappa shape index (κ3) is 7.38. The topological polar surface area (TPSA) is 32.3 Å². The Kier molecular flexibility index (Phi) is 9.85. The van der Waals surface area contributed by atoms with E-state index in [0.717, 1.165) is 46.7 Å². The van der Waals surface area contributed by atoms with E-state index in [0.29, 0.717) is 17.3 Å². The summed E-state index contributed by atoms with van der Waals surface area (Å²) in [5.74, 6) is 3.88. The van der Waals surface area contributed by atoms with Crippen molar-refractivity contribution < 1.29 is 4.79 Å². The molecule has 0 atom stereocenters. The summed E-state index contributed by atoms with van der Waals surface area (Å²) >= 11 is 0. The molecule has 0 aliphatic carbocycles. The number of benzene rings is 3. The smallest absolute Gasteiger partial charge is 0.224 e. The third-order valence-electron chi connectivity index (χ3n) is 6.49. The second kappa shape index (κ2) is 12.8. The minimum Gasteiger partial charge on any atom is -0.326 e. The van der Waals surface area contributed by atoms with Gasteiger partial charge >= 0.3 is 0 Å². The van der Waals surface area contributed by atoms with E-state index in [9.17, 15) is 4.79 Å². The molecule has 186 valence electrons. The molecule has 0 saturated carbocycles. The van der Waals surface area contributed by atoms with Crippen LogP contribution in [-0.2, 0) is 15.7 Å². The Hall–Kier alpha value is -2.72. The molecule has 0 unspecified atom stereocenters. The van der Waals surface area contributed by atoms with E-state index in [1.165, 1.54) is 28.4 Å². The molecule has 3 rings (SSSR count). The number of carbonyl (C=O) groups is 1. The fourth-order valence-corrected chi connectivity index (χ4v) is 6.08. The largest absolute Gasteiger partial charge is 0.326 e. The van der Waals surface area contributed by atoms with Crippen molar-refractivity contribution in [3.8, 4) is 0 Å². The Morgan fingerprint density at radius 3 is 1.71 bits per heavy atom. The second-order valence-electron chi connectivity index (χ2n) is 9.36. The van der Waals surface area contributed by atoms with Crippen LogP contribution >= 0.6 is 0 Å². The van der Waals surface area contributed by atoms with E-state index in [4.69, 9.17) is 0 Å². The van der Waals surface area contributed by atoms with E-state index in [-0.39, 0.29) is 5.91 Å². The summed E-state index contributed by atoms with van der Waals surface area (Å²) in [5.41, 5.74) is 9.04. The highest BCUT2D eigenvalue weighted by Crippen LogP contribution is 2.40. The summed E-state index contributed by atoms with van der Waals surface area (Å²) < 4.78 is 0. The SMILES string of the molecule is CC[S+](CC)CCCCC(=O)Nc1cc(C)c(N(c2ccc(C)cc2)c2ccc(C)cc2)c(C)c1. The number of rotatable bonds is 11. The van der Waals surface area contributed by atoms with Crippen molar-refractivity contribution in [1.29, 1.82) is 0 Å². The van der Waals surface area contributed by atoms with Crippen LogP contribution in [0.5, 0.6) is 0 Å². The number of unbranched alkanes of at least 4 members (excludes halogenated alkanes) is 1. The number of carbonyl (C=O) groups excluding carboxylic acids is 1. The van der Waals surface area contributed by atoms with Gasteiger partial charge in [-0.15, -0.1) is 0 Å². The molecule has 0 aliphatic heterocycles. The molecule has 0 heterocycles. The first kappa shape index (κ1) is 26.9. The Morgan fingerprint density at radius 1 is 0.771 bits per heavy atom. The predicted octanol–water partition coefficient (Wildman–Crippen LogP) is 8.16. The van der Waals surface area contributed by atoms with Gasteiger partial charge in [-0.2, -0.15) is 0 Å². The Balaban J connectivity index is 1.80. The van der Waals surface area contributed by atoms with Crippen molar-refractivity contribution in [2.75, 3.05) is 27.5 Å². The van der Waals surface area contributed by atoms with Gasteiger partial charge < -0.3 is 10.2 Å². The summed E-state index contributed by atoms with van der Waals surface area (Å²) in [5, 5.41) is 3.15. The van der Waals surface area contributed by atoms with Gasteiger partial charge in [0.1, 0.15) is 17.3 Å². The van der Waals surface area contributed by atoms with Gasteiger partial charge in [0.05, 0.1) is 5.69 Å². The van der Waals surface area contributed by atoms with Crippen molar-refractivity contribution in [2.24, 2.45) is 0 Å². The van der Waals surface area contributed by atoms with Crippen LogP contribution in [0.15, 0.2) is 60.7 Å². The third-order valence-corrected chi connectivity index (χ3v) is 8.99. The molecule has 4 heteroatoms. The lowest BCUT2D eigenvalue weighted by molar-refractivity contribution is -0.116. The first-order valence-electron chi connectivity index (χ1n) is 12.8. The van der Waals surface area contributed by atoms with Gasteiger partial charge in [0.15, 0.2) is 0 Å². The Bertz CT molecular complexity index is 1030. The van der Waals surface area contributed by atoms with E-state index in [1.54, 1.807) is 0 Å². The van der Waals surface area contributed by atoms with Crippen LogP contribution in [0.3, 0.4) is 0 Å². The van der Waals surface area contributed by atoms with Crippen LogP contribution < -0.4 is 10.2 Å². The summed E-state index contributed by atoms with van der Waals surface area (Å²) in [7, 11) is 0.525. The average molecular weight is 490 g/mol. The fourth-order valence-electron chi connectivity index (χ4n) is 4.48. The highest BCUT2D eigenvalue weighted by molar-refractivity contribution is 7.96. The normalized spacial score (nSPS) is 11.1. The molecule has 0 fully saturated rings. The fraction of sp³-hybridized carbons (Fsp3) is 0.387. The zero-order valence-electron chi connectivity index (χ0n) is 22.3. The molecule has 0 radical (unpaired) electrons. The number of anilines is 4. The average Bonchev–Trinajstić information content (AvgIpc) is 2.83. The summed E-state index contributed by atoms with van der Waals surface area (Å²) in [6.45, 7) is 13.0. The van der Waals surface area contributed by atoms with Gasteiger partial charge in [-0.3, -0.25) is 4.79 Å². The minimum absolute atomic E-state index is 0.110. The summed E-state index contributed by atoms with van der Waals surface area (Å²) in [6.07, 6.45) is 2.68. The van der Waals surface area contributed by atoms with Crippen LogP contribution in [-0.4, -0.2) is 23.2 Å². The predicted molar refractivity (Wildman–Crippen MR) is 156 cm³/mol. The van der Waals surface area contributed by atoms with E-state index >= 15 is 0 Å². The number of hydrogen-bond donors (Lipinski definition) is 1. The van der Waals surface area contributed by atoms with Gasteiger partial charge in [0, 0.05) is 23.5 Å². The van der Waals surface area contributed by atoms with E-state index in [1.807, 2.05) is 0 Å². The molecule has 3 nitrogen and oxygen atoms in total. The van der Waals surface area contributed by atoms with E-state index < -0.39 is 0 Å². The molecular weight excluding hydrogens is 448 g/mol. The lowest BCUT2D eigenvalue weighted by Gasteiger charge is -2.29. The number of nitrogens with zero attached hydrogens (tertiary/aromatic N) is 1. The maximum Gasteiger partial charge on any atom is 0.224 e. The molecule has 0 saturated heterocycles. The van der Waals surface area contributed by atoms with Crippen molar-refractivity contribution in [3.63, 3.8) is 0 Å². The number of amides is 1. The van der Waals surface area contributed by atoms with Crippen LogP contribution in [0.4, 0.5) is 22.7 Å². The molecular formula is C31H41N2OS+. The molecule has 35 heavy (non-hydrogen) atoms. The van der Waals surface area contributed by atoms with E-state index in [2.05, 4.69) is 112 Å². The van der Waals surface area contributed by atoms with Crippen molar-refractivity contribution >= 4 is 39.6 Å². The van der Waals surface area contributed by atoms with Crippen molar-refractivity contribution in [2.45, 2.75) is 60.8 Å². The lowest BCUT2D eigenvalue weighted by atomic mass is 10.0. The highest BCUT2D eigenvalue weighted by Gasteiger charge is 2.18. The maximum absolute atomic E-state index is 12.6. The minimum atomic E-state index is 0.110. The summed E-state index contributed by atoms with van der Waals surface area (Å²) in [6, 6.07) is 21.5. The molecule has 1 amide bonds. The molecule has 3 aromatic carbocycles. The van der Waals surface area contributed by atoms with Crippen LogP contribution in [0.25, 0.3) is 0 Å². The van der Waals surface area contributed by atoms with Gasteiger partial charge in [-0.25, -0.2) is 0 Å². The molecule has 3 aromatic rings. The number of hydrogen-bond acceptors (Lipinski definition) is 2. The molecule has 0 bridgehead atoms. The zero-order chi connectivity index (χ0) is 25.4. The standard InChI is InChI=1S/C31H40N2OS/c1-7-35(8-2)20-10-9-11-30(34)32-27-21-25(5)31(26(6)22-27)33(28-16-12-23(3)13-17-28)29-18-14-24(4)15-19-29/h12-19,21-22H,7-11,20H2,1-6H3/p+1. The van der Waals surface area contributed by atoms with Gasteiger partial charge in [0.2, 0.25) is 5.91 Å². The number of aryl methyl sites for hydroxylation is 4. The quantitative estimate of drug-likeness (QED) is 0.218. The van der Waals surface area contributed by atoms with Gasteiger partial charge in [-0.1, -0.05) is 35.4 Å². The van der Waals surface area contributed by atoms with Crippen LogP contribution in [0, 0.1) is 27.7 Å². The first-order chi connectivity index (χ1) is 16.8. The molecule has 0 aliphatic rings. The van der Waals surface area contributed by atoms with Gasteiger partial charge in [-0.05, 0) is 113 Å². The summed E-state index contributed by atoms with van der Waals surface area (Å²) in [4.78, 5) is 14.9. The number of nitrogens with one attached hydrogen (secondary N) is 1. The second-order valence-corrected chi connectivity index (χ2v) is 12.2. The Morgan fingerprint density at radius 2 is 1.26 bits per heavy atom. The molecule has 0 spiro atoms.